The molecule has 102 valence electrons. The maximum absolute atomic E-state index is 6.09. The highest BCUT2D eigenvalue weighted by Gasteiger charge is 2.08. The second-order valence-corrected chi connectivity index (χ2v) is 4.83. The first-order chi connectivity index (χ1) is 9.72. The smallest absolute Gasteiger partial charge is 0.254 e. The summed E-state index contributed by atoms with van der Waals surface area (Å²) >= 11 is 6.09. The molecule has 0 N–H and O–H groups in total. The zero-order valence-corrected chi connectivity index (χ0v) is 11.7. The van der Waals surface area contributed by atoms with Crippen molar-refractivity contribution in [3.8, 4) is 0 Å². The first-order valence-corrected chi connectivity index (χ1v) is 6.60. The molecular formula is C14H13ClN4O. The molecule has 0 amide bonds. The second-order valence-electron chi connectivity index (χ2n) is 4.44. The van der Waals surface area contributed by atoms with Crippen LogP contribution >= 0.6 is 11.6 Å². The number of hydrogen-bond donors (Lipinski definition) is 0. The number of benzene rings is 1. The topological polar surface area (TPSA) is 52.3 Å². The van der Waals surface area contributed by atoms with E-state index in [1.54, 1.807) is 6.07 Å². The van der Waals surface area contributed by atoms with E-state index in [9.17, 15) is 0 Å². The molecule has 6 heteroatoms. The molecule has 2 aromatic heterocycles. The highest BCUT2D eigenvalue weighted by Crippen LogP contribution is 2.12. The number of ether oxygens (including phenoxy) is 1. The van der Waals surface area contributed by atoms with Crippen LogP contribution in [-0.4, -0.2) is 19.6 Å². The van der Waals surface area contributed by atoms with Crippen molar-refractivity contribution in [3.05, 3.63) is 58.6 Å². The number of nitrogens with zero attached hydrogens (tertiary/aromatic N) is 4. The van der Waals surface area contributed by atoms with Crippen molar-refractivity contribution in [2.24, 2.45) is 0 Å². The molecule has 5 nitrogen and oxygen atoms in total. The van der Waals surface area contributed by atoms with Crippen molar-refractivity contribution in [2.45, 2.75) is 20.1 Å². The summed E-state index contributed by atoms with van der Waals surface area (Å²) in [5.41, 5.74) is 1.93. The maximum atomic E-state index is 6.09. The summed E-state index contributed by atoms with van der Waals surface area (Å²) in [6.07, 6.45) is 0. The Kier molecular flexibility index (Phi) is 3.62. The molecule has 0 fully saturated rings. The molecule has 0 aliphatic heterocycles. The van der Waals surface area contributed by atoms with Crippen LogP contribution in [0.2, 0.25) is 5.15 Å². The lowest BCUT2D eigenvalue weighted by molar-refractivity contribution is 0.102. The summed E-state index contributed by atoms with van der Waals surface area (Å²) < 4.78 is 7.11. The Hall–Kier alpha value is -1.98. The number of aryl methyl sites for hydroxylation is 1. The predicted octanol–water partition coefficient (Wildman–Crippen LogP) is 2.80. The molecule has 2 heterocycles. The van der Waals surface area contributed by atoms with Crippen molar-refractivity contribution in [1.29, 1.82) is 0 Å². The molecule has 0 unspecified atom stereocenters. The van der Waals surface area contributed by atoms with Gasteiger partial charge in [0, 0.05) is 5.69 Å². The SMILES string of the molecule is Cc1cc(Cl)n2nc(COCc3ccccc3)nc2n1. The predicted molar refractivity (Wildman–Crippen MR) is 75.5 cm³/mol. The van der Waals surface area contributed by atoms with Crippen molar-refractivity contribution in [3.63, 3.8) is 0 Å². The van der Waals surface area contributed by atoms with Crippen LogP contribution in [0.15, 0.2) is 36.4 Å². The Balaban J connectivity index is 1.70. The number of rotatable bonds is 4. The van der Waals surface area contributed by atoms with E-state index < -0.39 is 0 Å². The Morgan fingerprint density at radius 2 is 1.95 bits per heavy atom. The van der Waals surface area contributed by atoms with Gasteiger partial charge in [-0.1, -0.05) is 41.9 Å². The summed E-state index contributed by atoms with van der Waals surface area (Å²) in [4.78, 5) is 8.57. The zero-order chi connectivity index (χ0) is 13.9. The standard InChI is InChI=1S/C14H13ClN4O/c1-10-7-12(15)19-14(16-10)17-13(18-19)9-20-8-11-5-3-2-4-6-11/h2-7H,8-9H2,1H3. The first-order valence-electron chi connectivity index (χ1n) is 6.23. The van der Waals surface area contributed by atoms with Crippen LogP contribution in [0.5, 0.6) is 0 Å². The van der Waals surface area contributed by atoms with Gasteiger partial charge in [0.1, 0.15) is 11.8 Å². The summed E-state index contributed by atoms with van der Waals surface area (Å²) in [7, 11) is 0. The van der Waals surface area contributed by atoms with Gasteiger partial charge in [-0.2, -0.15) is 9.50 Å². The highest BCUT2D eigenvalue weighted by molar-refractivity contribution is 6.29. The van der Waals surface area contributed by atoms with Gasteiger partial charge < -0.3 is 4.74 Å². The normalized spacial score (nSPS) is 11.1. The lowest BCUT2D eigenvalue weighted by atomic mass is 10.2. The van der Waals surface area contributed by atoms with Gasteiger partial charge in [-0.25, -0.2) is 4.98 Å². The molecule has 0 atom stereocenters. The summed E-state index contributed by atoms with van der Waals surface area (Å²) in [6.45, 7) is 2.72. The fourth-order valence-corrected chi connectivity index (χ4v) is 2.15. The molecule has 0 saturated heterocycles. The fraction of sp³-hybridized carbons (Fsp3) is 0.214. The van der Waals surface area contributed by atoms with Crippen LogP contribution in [0.1, 0.15) is 17.1 Å². The van der Waals surface area contributed by atoms with E-state index in [1.165, 1.54) is 4.52 Å². The van der Waals surface area contributed by atoms with Crippen LogP contribution < -0.4 is 0 Å². The van der Waals surface area contributed by atoms with E-state index in [4.69, 9.17) is 16.3 Å². The Bertz CT molecular complexity index is 727. The van der Waals surface area contributed by atoms with E-state index in [-0.39, 0.29) is 0 Å². The third kappa shape index (κ3) is 2.79. The van der Waals surface area contributed by atoms with Crippen LogP contribution in [0, 0.1) is 6.92 Å². The quantitative estimate of drug-likeness (QED) is 0.693. The molecule has 0 radical (unpaired) electrons. The number of halogens is 1. The zero-order valence-electron chi connectivity index (χ0n) is 11.0. The van der Waals surface area contributed by atoms with Gasteiger partial charge in [0.25, 0.3) is 5.78 Å². The van der Waals surface area contributed by atoms with Crippen LogP contribution in [-0.2, 0) is 18.0 Å². The third-order valence-electron chi connectivity index (χ3n) is 2.78. The van der Waals surface area contributed by atoms with Gasteiger partial charge >= 0.3 is 0 Å². The minimum Gasteiger partial charge on any atom is -0.369 e. The second kappa shape index (κ2) is 5.56. The lowest BCUT2D eigenvalue weighted by Crippen LogP contribution is -1.97. The average molecular weight is 289 g/mol. The molecule has 1 aromatic carbocycles. The van der Waals surface area contributed by atoms with E-state index in [0.29, 0.717) is 30.0 Å². The van der Waals surface area contributed by atoms with Gasteiger partial charge in [-0.15, -0.1) is 5.10 Å². The molecule has 0 aliphatic carbocycles. The molecular weight excluding hydrogens is 276 g/mol. The summed E-state index contributed by atoms with van der Waals surface area (Å²) in [5, 5.41) is 4.77. The number of fused-ring (bicyclic) bond motifs is 1. The van der Waals surface area contributed by atoms with E-state index in [0.717, 1.165) is 11.3 Å². The molecule has 0 saturated carbocycles. The van der Waals surface area contributed by atoms with Gasteiger partial charge in [0.05, 0.1) is 6.61 Å². The Labute approximate surface area is 121 Å². The van der Waals surface area contributed by atoms with Crippen LogP contribution in [0.25, 0.3) is 5.78 Å². The van der Waals surface area contributed by atoms with Gasteiger partial charge in [0.15, 0.2) is 5.82 Å². The molecule has 20 heavy (non-hydrogen) atoms. The van der Waals surface area contributed by atoms with E-state index in [1.807, 2.05) is 37.3 Å². The van der Waals surface area contributed by atoms with Crippen molar-refractivity contribution >= 4 is 17.4 Å². The van der Waals surface area contributed by atoms with E-state index >= 15 is 0 Å². The highest BCUT2D eigenvalue weighted by atomic mass is 35.5. The summed E-state index contributed by atoms with van der Waals surface area (Å²) in [6, 6.07) is 11.7. The lowest BCUT2D eigenvalue weighted by Gasteiger charge is -2.00. The minimum atomic E-state index is 0.327. The maximum Gasteiger partial charge on any atom is 0.254 e. The van der Waals surface area contributed by atoms with Crippen LogP contribution in [0.3, 0.4) is 0 Å². The van der Waals surface area contributed by atoms with Crippen molar-refractivity contribution < 1.29 is 4.74 Å². The number of aromatic nitrogens is 4. The van der Waals surface area contributed by atoms with Gasteiger partial charge in [-0.3, -0.25) is 0 Å². The fourth-order valence-electron chi connectivity index (χ4n) is 1.88. The molecule has 3 aromatic rings. The molecule has 0 aliphatic rings. The Morgan fingerprint density at radius 1 is 1.15 bits per heavy atom. The first kappa shape index (κ1) is 13.0. The van der Waals surface area contributed by atoms with Gasteiger partial charge in [-0.05, 0) is 18.6 Å². The van der Waals surface area contributed by atoms with Gasteiger partial charge in [0.2, 0.25) is 0 Å². The van der Waals surface area contributed by atoms with Crippen molar-refractivity contribution in [2.75, 3.05) is 0 Å². The molecule has 3 rings (SSSR count). The Morgan fingerprint density at radius 3 is 2.75 bits per heavy atom. The van der Waals surface area contributed by atoms with Crippen LogP contribution in [0.4, 0.5) is 0 Å². The number of hydrogen-bond acceptors (Lipinski definition) is 4. The minimum absolute atomic E-state index is 0.327. The molecule has 0 bridgehead atoms. The monoisotopic (exact) mass is 288 g/mol. The largest absolute Gasteiger partial charge is 0.369 e. The third-order valence-corrected chi connectivity index (χ3v) is 3.05. The van der Waals surface area contributed by atoms with E-state index in [2.05, 4.69) is 15.1 Å². The molecule has 0 spiro atoms. The van der Waals surface area contributed by atoms with Crippen molar-refractivity contribution in [1.82, 2.24) is 19.6 Å². The average Bonchev–Trinajstić information content (AvgIpc) is 2.83. The summed E-state index contributed by atoms with van der Waals surface area (Å²) in [5.74, 6) is 1.06.